The molecule has 1 heterocycles. The Hall–Kier alpha value is -2.55. The van der Waals surface area contributed by atoms with Crippen molar-refractivity contribution in [2.45, 2.75) is 6.42 Å². The summed E-state index contributed by atoms with van der Waals surface area (Å²) < 4.78 is 0. The number of aromatic nitrogens is 1. The van der Waals surface area contributed by atoms with Gasteiger partial charge in [-0.15, -0.1) is 0 Å². The molecular formula is C16H13NO2. The smallest absolute Gasteiger partial charge is 0.192 e. The molecule has 3 nitrogen and oxygen atoms in total. The molecule has 0 spiro atoms. The number of benzene rings is 2. The van der Waals surface area contributed by atoms with Crippen molar-refractivity contribution >= 4 is 17.2 Å². The van der Waals surface area contributed by atoms with Gasteiger partial charge in [0.2, 0.25) is 0 Å². The number of aldehydes is 1. The molecule has 2 aromatic carbocycles. The zero-order valence-electron chi connectivity index (χ0n) is 10.3. The third-order valence-electron chi connectivity index (χ3n) is 3.34. The monoisotopic (exact) mass is 251 g/mol. The van der Waals surface area contributed by atoms with Gasteiger partial charge in [0.1, 0.15) is 6.29 Å². The van der Waals surface area contributed by atoms with Crippen LogP contribution in [0.5, 0.6) is 5.88 Å². The van der Waals surface area contributed by atoms with Gasteiger partial charge in [-0.3, -0.25) is 4.79 Å². The molecule has 3 heteroatoms. The normalized spacial score (nSPS) is 10.7. The summed E-state index contributed by atoms with van der Waals surface area (Å²) >= 11 is 0. The van der Waals surface area contributed by atoms with Gasteiger partial charge in [0.25, 0.3) is 0 Å². The van der Waals surface area contributed by atoms with Crippen molar-refractivity contribution in [1.82, 2.24) is 4.98 Å². The molecule has 3 rings (SSSR count). The highest BCUT2D eigenvalue weighted by molar-refractivity contribution is 5.86. The van der Waals surface area contributed by atoms with Crippen LogP contribution in [0.1, 0.15) is 21.5 Å². The predicted molar refractivity (Wildman–Crippen MR) is 74.6 cm³/mol. The van der Waals surface area contributed by atoms with E-state index in [1.807, 2.05) is 42.5 Å². The molecule has 0 bridgehead atoms. The van der Waals surface area contributed by atoms with Gasteiger partial charge in [-0.2, -0.15) is 0 Å². The van der Waals surface area contributed by atoms with Crippen LogP contribution in [0.3, 0.4) is 0 Å². The number of hydrogen-bond donors (Lipinski definition) is 2. The molecular weight excluding hydrogens is 238 g/mol. The van der Waals surface area contributed by atoms with E-state index >= 15 is 0 Å². The van der Waals surface area contributed by atoms with Crippen molar-refractivity contribution in [3.8, 4) is 5.88 Å². The third kappa shape index (κ3) is 1.99. The maximum Gasteiger partial charge on any atom is 0.192 e. The van der Waals surface area contributed by atoms with Crippen molar-refractivity contribution in [1.29, 1.82) is 0 Å². The number of aromatic amines is 1. The standard InChI is InChI=1S/C16H13NO2/c18-10-12-6-2-1-5-11(12)9-14-13-7-3-4-8-15(13)17-16(14)19/h1-8,10,17,19H,9H2. The fourth-order valence-electron chi connectivity index (χ4n) is 2.37. The van der Waals surface area contributed by atoms with Gasteiger partial charge in [-0.05, 0) is 11.6 Å². The first-order valence-electron chi connectivity index (χ1n) is 6.11. The molecule has 0 amide bonds. The van der Waals surface area contributed by atoms with Crippen LogP contribution in [0, 0.1) is 0 Å². The Kier molecular flexibility index (Phi) is 2.80. The van der Waals surface area contributed by atoms with E-state index in [1.165, 1.54) is 0 Å². The van der Waals surface area contributed by atoms with E-state index in [9.17, 15) is 9.90 Å². The number of para-hydroxylation sites is 1. The molecule has 0 radical (unpaired) electrons. The lowest BCUT2D eigenvalue weighted by Crippen LogP contribution is -1.93. The average molecular weight is 251 g/mol. The summed E-state index contributed by atoms with van der Waals surface area (Å²) in [5, 5.41) is 11.0. The van der Waals surface area contributed by atoms with Gasteiger partial charge in [0.15, 0.2) is 5.88 Å². The van der Waals surface area contributed by atoms with E-state index in [2.05, 4.69) is 4.98 Å². The first-order chi connectivity index (χ1) is 9.29. The molecule has 0 aliphatic carbocycles. The van der Waals surface area contributed by atoms with Gasteiger partial charge >= 0.3 is 0 Å². The minimum absolute atomic E-state index is 0.168. The average Bonchev–Trinajstić information content (AvgIpc) is 2.76. The van der Waals surface area contributed by atoms with Crippen LogP contribution < -0.4 is 0 Å². The van der Waals surface area contributed by atoms with Crippen LogP contribution in [-0.4, -0.2) is 16.4 Å². The summed E-state index contributed by atoms with van der Waals surface area (Å²) in [7, 11) is 0. The molecule has 2 N–H and O–H groups in total. The maximum atomic E-state index is 11.0. The van der Waals surface area contributed by atoms with E-state index in [-0.39, 0.29) is 5.88 Å². The number of rotatable bonds is 3. The van der Waals surface area contributed by atoms with E-state index in [0.29, 0.717) is 12.0 Å². The fraction of sp³-hybridized carbons (Fsp3) is 0.0625. The Bertz CT molecular complexity index is 743. The summed E-state index contributed by atoms with van der Waals surface area (Å²) in [6.45, 7) is 0. The van der Waals surface area contributed by atoms with Crippen molar-refractivity contribution in [2.24, 2.45) is 0 Å². The zero-order chi connectivity index (χ0) is 13.2. The van der Waals surface area contributed by atoms with Crippen LogP contribution in [-0.2, 0) is 6.42 Å². The van der Waals surface area contributed by atoms with Crippen molar-refractivity contribution in [3.63, 3.8) is 0 Å². The number of fused-ring (bicyclic) bond motifs is 1. The fourth-order valence-corrected chi connectivity index (χ4v) is 2.37. The highest BCUT2D eigenvalue weighted by Gasteiger charge is 2.12. The minimum Gasteiger partial charge on any atom is -0.494 e. The van der Waals surface area contributed by atoms with Crippen molar-refractivity contribution in [3.05, 3.63) is 65.2 Å². The summed E-state index contributed by atoms with van der Waals surface area (Å²) in [5.74, 6) is 0.168. The molecule has 0 unspecified atom stereocenters. The molecule has 1 aromatic heterocycles. The molecule has 94 valence electrons. The molecule has 3 aromatic rings. The van der Waals surface area contributed by atoms with Crippen LogP contribution in [0.15, 0.2) is 48.5 Å². The Morgan fingerprint density at radius 1 is 1.05 bits per heavy atom. The summed E-state index contributed by atoms with van der Waals surface area (Å²) in [6.07, 6.45) is 1.38. The van der Waals surface area contributed by atoms with Gasteiger partial charge in [0.05, 0.1) is 0 Å². The Morgan fingerprint density at radius 2 is 1.79 bits per heavy atom. The second-order valence-electron chi connectivity index (χ2n) is 4.49. The van der Waals surface area contributed by atoms with E-state index in [4.69, 9.17) is 0 Å². The molecule has 0 saturated carbocycles. The predicted octanol–water partition coefficient (Wildman–Crippen LogP) is 3.28. The second kappa shape index (κ2) is 4.61. The molecule has 0 fully saturated rings. The number of hydrogen-bond acceptors (Lipinski definition) is 2. The summed E-state index contributed by atoms with van der Waals surface area (Å²) in [5.41, 5.74) is 3.30. The van der Waals surface area contributed by atoms with Gasteiger partial charge in [-0.25, -0.2) is 0 Å². The summed E-state index contributed by atoms with van der Waals surface area (Å²) in [4.78, 5) is 14.0. The van der Waals surface area contributed by atoms with Crippen LogP contribution in [0.25, 0.3) is 10.9 Å². The maximum absolute atomic E-state index is 11.0. The van der Waals surface area contributed by atoms with Crippen molar-refractivity contribution in [2.75, 3.05) is 0 Å². The highest BCUT2D eigenvalue weighted by Crippen LogP contribution is 2.29. The minimum atomic E-state index is 0.168. The van der Waals surface area contributed by atoms with E-state index in [1.54, 1.807) is 6.07 Å². The lowest BCUT2D eigenvalue weighted by Gasteiger charge is -2.04. The van der Waals surface area contributed by atoms with Crippen LogP contribution in [0.4, 0.5) is 0 Å². The molecule has 0 aliphatic rings. The quantitative estimate of drug-likeness (QED) is 0.702. The van der Waals surface area contributed by atoms with E-state index < -0.39 is 0 Å². The molecule has 0 aliphatic heterocycles. The van der Waals surface area contributed by atoms with E-state index in [0.717, 1.165) is 28.3 Å². The molecule has 19 heavy (non-hydrogen) atoms. The van der Waals surface area contributed by atoms with Crippen LogP contribution in [0.2, 0.25) is 0 Å². The molecule has 0 saturated heterocycles. The van der Waals surface area contributed by atoms with Crippen LogP contribution >= 0.6 is 0 Å². The highest BCUT2D eigenvalue weighted by atomic mass is 16.3. The van der Waals surface area contributed by atoms with Gasteiger partial charge < -0.3 is 10.1 Å². The first kappa shape index (κ1) is 11.5. The van der Waals surface area contributed by atoms with Gasteiger partial charge in [-0.1, -0.05) is 42.5 Å². The lowest BCUT2D eigenvalue weighted by molar-refractivity contribution is 0.112. The zero-order valence-corrected chi connectivity index (χ0v) is 10.3. The van der Waals surface area contributed by atoms with Crippen molar-refractivity contribution < 1.29 is 9.90 Å². The Labute approximate surface area is 110 Å². The Balaban J connectivity index is 2.10. The second-order valence-corrected chi connectivity index (χ2v) is 4.49. The number of carbonyl (C=O) groups is 1. The first-order valence-corrected chi connectivity index (χ1v) is 6.11. The summed E-state index contributed by atoms with van der Waals surface area (Å²) in [6, 6.07) is 15.2. The van der Waals surface area contributed by atoms with Gasteiger partial charge in [0, 0.05) is 28.5 Å². The number of aromatic hydroxyl groups is 1. The molecule has 0 atom stereocenters. The topological polar surface area (TPSA) is 53.1 Å². The number of H-pyrrole nitrogens is 1. The SMILES string of the molecule is O=Cc1ccccc1Cc1c(O)[nH]c2ccccc12. The number of nitrogens with one attached hydrogen (secondary N) is 1. The Morgan fingerprint density at radius 3 is 2.63 bits per heavy atom. The lowest BCUT2D eigenvalue weighted by atomic mass is 10.00. The third-order valence-corrected chi connectivity index (χ3v) is 3.34. The number of carbonyl (C=O) groups excluding carboxylic acids is 1. The largest absolute Gasteiger partial charge is 0.494 e.